The molecule has 1 atom stereocenters. The van der Waals surface area contributed by atoms with Crippen molar-refractivity contribution in [2.45, 2.75) is 19.4 Å². The zero-order valence-corrected chi connectivity index (χ0v) is 13.6. The molecule has 0 spiro atoms. The molecule has 0 aromatic rings. The van der Waals surface area contributed by atoms with Crippen LogP contribution in [-0.2, 0) is 18.8 Å². The van der Waals surface area contributed by atoms with E-state index < -0.39 is 39.7 Å². The van der Waals surface area contributed by atoms with Crippen LogP contribution >= 0.6 is 15.2 Å². The lowest BCUT2D eigenvalue weighted by Gasteiger charge is -2.25. The molecular formula is C8H20N4O8P2. The lowest BCUT2D eigenvalue weighted by atomic mass is 10.2. The van der Waals surface area contributed by atoms with E-state index in [0.29, 0.717) is 4.90 Å². The van der Waals surface area contributed by atoms with Gasteiger partial charge in [-0.1, -0.05) is 5.16 Å². The molecule has 130 valence electrons. The van der Waals surface area contributed by atoms with E-state index in [0.717, 1.165) is 0 Å². The largest absolute Gasteiger partial charge is 0.394 e. The standard InChI is InChI=1S/C8H20N4O8P2/c1-6(9)11-20-3-2-7(10)8(13)12(4-21(14,15)16)5-22(17,18)19/h7H,2-5,10H2,1H3,(H2,9,11)(H2,14,15,16)(H2,17,18,19)/t7-/m0/s1. The number of oxime groups is 1. The smallest absolute Gasteiger partial charge is 0.344 e. The minimum Gasteiger partial charge on any atom is -0.394 e. The van der Waals surface area contributed by atoms with Crippen molar-refractivity contribution >= 4 is 26.9 Å². The molecule has 0 unspecified atom stereocenters. The molecule has 0 bridgehead atoms. The van der Waals surface area contributed by atoms with Gasteiger partial charge in [-0.2, -0.15) is 0 Å². The molecule has 12 nitrogen and oxygen atoms in total. The molecule has 0 rings (SSSR count). The average molecular weight is 362 g/mol. The van der Waals surface area contributed by atoms with Gasteiger partial charge in [0.05, 0.1) is 6.04 Å². The van der Waals surface area contributed by atoms with E-state index >= 15 is 0 Å². The van der Waals surface area contributed by atoms with Crippen LogP contribution in [0.4, 0.5) is 0 Å². The normalized spacial score (nSPS) is 14.5. The van der Waals surface area contributed by atoms with Crippen molar-refractivity contribution in [3.05, 3.63) is 0 Å². The second kappa shape index (κ2) is 8.59. The number of carbonyl (C=O) groups is 1. The average Bonchev–Trinajstić information content (AvgIpc) is 2.28. The van der Waals surface area contributed by atoms with E-state index in [1.54, 1.807) is 0 Å². The Hall–Kier alpha value is -1.00. The summed E-state index contributed by atoms with van der Waals surface area (Å²) < 4.78 is 21.9. The first kappa shape index (κ1) is 21.0. The van der Waals surface area contributed by atoms with E-state index in [1.807, 2.05) is 0 Å². The van der Waals surface area contributed by atoms with Crippen LogP contribution in [0.25, 0.3) is 0 Å². The molecular weight excluding hydrogens is 342 g/mol. The minimum absolute atomic E-state index is 0.0889. The number of hydrogen-bond acceptors (Lipinski definition) is 6. The number of carbonyl (C=O) groups excluding carboxylic acids is 1. The Bertz CT molecular complexity index is 472. The highest BCUT2D eigenvalue weighted by Crippen LogP contribution is 2.41. The van der Waals surface area contributed by atoms with Gasteiger partial charge in [-0.3, -0.25) is 13.9 Å². The minimum atomic E-state index is -4.71. The molecule has 8 N–H and O–H groups in total. The third-order valence-corrected chi connectivity index (χ3v) is 3.49. The molecule has 0 saturated carbocycles. The van der Waals surface area contributed by atoms with Gasteiger partial charge in [0.1, 0.15) is 25.0 Å². The summed E-state index contributed by atoms with van der Waals surface area (Å²) in [7, 11) is -9.42. The van der Waals surface area contributed by atoms with Gasteiger partial charge in [0.25, 0.3) is 0 Å². The van der Waals surface area contributed by atoms with Crippen LogP contribution in [0.3, 0.4) is 0 Å². The molecule has 0 fully saturated rings. The summed E-state index contributed by atoms with van der Waals surface area (Å²) in [6.45, 7) is 1.36. The van der Waals surface area contributed by atoms with Gasteiger partial charge >= 0.3 is 15.2 Å². The lowest BCUT2D eigenvalue weighted by molar-refractivity contribution is -0.131. The van der Waals surface area contributed by atoms with Crippen molar-refractivity contribution in [3.63, 3.8) is 0 Å². The van der Waals surface area contributed by atoms with Gasteiger partial charge in [0.15, 0.2) is 0 Å². The second-order valence-corrected chi connectivity index (χ2v) is 7.68. The van der Waals surface area contributed by atoms with Crippen molar-refractivity contribution in [3.8, 4) is 0 Å². The van der Waals surface area contributed by atoms with Crippen LogP contribution in [0.1, 0.15) is 13.3 Å². The quantitative estimate of drug-likeness (QED) is 0.0882. The maximum Gasteiger partial charge on any atom is 0.344 e. The highest BCUT2D eigenvalue weighted by atomic mass is 31.2. The molecule has 0 aliphatic rings. The Morgan fingerprint density at radius 3 is 2.05 bits per heavy atom. The summed E-state index contributed by atoms with van der Waals surface area (Å²) in [6.07, 6.45) is -2.38. The van der Waals surface area contributed by atoms with Crippen molar-refractivity contribution in [2.75, 3.05) is 19.2 Å². The molecule has 0 aromatic heterocycles. The monoisotopic (exact) mass is 362 g/mol. The van der Waals surface area contributed by atoms with Crippen LogP contribution < -0.4 is 11.5 Å². The predicted molar refractivity (Wildman–Crippen MR) is 76.5 cm³/mol. The van der Waals surface area contributed by atoms with Crippen LogP contribution in [0.2, 0.25) is 0 Å². The fourth-order valence-electron chi connectivity index (χ4n) is 1.31. The molecule has 0 heterocycles. The molecule has 1 amide bonds. The SMILES string of the molecule is CC(N)=NOCC[C@H](N)C(=O)N(CP(=O)(O)O)CP(=O)(O)O. The summed E-state index contributed by atoms with van der Waals surface area (Å²) in [6, 6.07) is -1.27. The van der Waals surface area contributed by atoms with Crippen molar-refractivity contribution in [1.82, 2.24) is 4.90 Å². The Balaban J connectivity index is 4.76. The summed E-state index contributed by atoms with van der Waals surface area (Å²) >= 11 is 0. The van der Waals surface area contributed by atoms with Crippen LogP contribution in [0.5, 0.6) is 0 Å². The Labute approximate surface area is 126 Å². The third kappa shape index (κ3) is 10.7. The van der Waals surface area contributed by atoms with E-state index in [2.05, 4.69) is 5.16 Å². The molecule has 0 aliphatic carbocycles. The van der Waals surface area contributed by atoms with Crippen molar-refractivity contribution < 1.29 is 38.3 Å². The molecule has 0 saturated heterocycles. The van der Waals surface area contributed by atoms with Gasteiger partial charge in [-0.25, -0.2) is 0 Å². The topological polar surface area (TPSA) is 209 Å². The number of amides is 1. The molecule has 14 heteroatoms. The fourth-order valence-corrected chi connectivity index (χ4v) is 2.84. The maximum atomic E-state index is 11.9. The summed E-state index contributed by atoms with van der Waals surface area (Å²) in [5.41, 5.74) is 10.7. The Morgan fingerprint density at radius 2 is 1.68 bits per heavy atom. The third-order valence-electron chi connectivity index (χ3n) is 2.07. The fraction of sp³-hybridized carbons (Fsp3) is 0.750. The maximum absolute atomic E-state index is 11.9. The Morgan fingerprint density at radius 1 is 1.23 bits per heavy atom. The molecule has 0 radical (unpaired) electrons. The predicted octanol–water partition coefficient (Wildman–Crippen LogP) is -1.89. The first-order valence-corrected chi connectivity index (χ1v) is 9.47. The van der Waals surface area contributed by atoms with Crippen LogP contribution in [0, 0.1) is 0 Å². The summed E-state index contributed by atoms with van der Waals surface area (Å²) in [4.78, 5) is 52.4. The number of amidine groups is 1. The Kier molecular flexibility index (Phi) is 8.19. The van der Waals surface area contributed by atoms with E-state index in [4.69, 9.17) is 35.9 Å². The zero-order chi connectivity index (χ0) is 17.6. The van der Waals surface area contributed by atoms with Crippen molar-refractivity contribution in [2.24, 2.45) is 16.6 Å². The highest BCUT2D eigenvalue weighted by molar-refractivity contribution is 7.52. The molecule has 0 aromatic carbocycles. The van der Waals surface area contributed by atoms with Crippen LogP contribution in [0.15, 0.2) is 5.16 Å². The molecule has 22 heavy (non-hydrogen) atoms. The van der Waals surface area contributed by atoms with Gasteiger partial charge in [0, 0.05) is 6.42 Å². The van der Waals surface area contributed by atoms with Crippen molar-refractivity contribution in [1.29, 1.82) is 0 Å². The van der Waals surface area contributed by atoms with Gasteiger partial charge in [0.2, 0.25) is 5.91 Å². The van der Waals surface area contributed by atoms with Gasteiger partial charge in [-0.15, -0.1) is 0 Å². The first-order chi connectivity index (χ1) is 9.82. The first-order valence-electron chi connectivity index (χ1n) is 5.87. The van der Waals surface area contributed by atoms with E-state index in [-0.39, 0.29) is 18.9 Å². The summed E-state index contributed by atoms with van der Waals surface area (Å²) in [5, 5.41) is 3.38. The summed E-state index contributed by atoms with van der Waals surface area (Å²) in [5.74, 6) is -0.881. The van der Waals surface area contributed by atoms with Gasteiger partial charge < -0.3 is 40.8 Å². The lowest BCUT2D eigenvalue weighted by Crippen LogP contribution is -2.45. The number of rotatable bonds is 9. The zero-order valence-electron chi connectivity index (χ0n) is 11.8. The number of nitrogens with zero attached hydrogens (tertiary/aromatic N) is 2. The number of nitrogens with two attached hydrogens (primary N) is 2. The number of hydrogen-bond donors (Lipinski definition) is 6. The van der Waals surface area contributed by atoms with Gasteiger partial charge in [-0.05, 0) is 6.92 Å². The highest BCUT2D eigenvalue weighted by Gasteiger charge is 2.31. The van der Waals surface area contributed by atoms with E-state index in [1.165, 1.54) is 6.92 Å². The van der Waals surface area contributed by atoms with E-state index in [9.17, 15) is 13.9 Å². The second-order valence-electron chi connectivity index (χ2n) is 4.45. The van der Waals surface area contributed by atoms with Crippen LogP contribution in [-0.4, -0.2) is 61.4 Å². The molecule has 0 aliphatic heterocycles.